The molecular weight excluding hydrogens is 214 g/mol. The van der Waals surface area contributed by atoms with E-state index in [0.29, 0.717) is 5.92 Å². The first-order valence-corrected chi connectivity index (χ1v) is 6.14. The quantitative estimate of drug-likeness (QED) is 0.444. The van der Waals surface area contributed by atoms with Crippen LogP contribution in [0.15, 0.2) is 42.5 Å². The third-order valence-corrected chi connectivity index (χ3v) is 4.13. The van der Waals surface area contributed by atoms with E-state index in [1.165, 1.54) is 0 Å². The molecular formula is C14H15NO2. The van der Waals surface area contributed by atoms with E-state index in [-0.39, 0.29) is 16.8 Å². The van der Waals surface area contributed by atoms with Gasteiger partial charge in [-0.15, -0.1) is 0 Å². The zero-order valence-corrected chi connectivity index (χ0v) is 9.53. The predicted molar refractivity (Wildman–Crippen MR) is 65.3 cm³/mol. The highest BCUT2D eigenvalue weighted by Crippen LogP contribution is 2.47. The molecule has 4 unspecified atom stereocenters. The molecule has 3 nitrogen and oxygen atoms in total. The van der Waals surface area contributed by atoms with Gasteiger partial charge in [0.1, 0.15) is 0 Å². The highest BCUT2D eigenvalue weighted by atomic mass is 16.6. The van der Waals surface area contributed by atoms with E-state index in [1.54, 1.807) is 0 Å². The molecule has 0 N–H and O–H groups in total. The molecule has 1 fully saturated rings. The summed E-state index contributed by atoms with van der Waals surface area (Å²) >= 11 is 0. The lowest BCUT2D eigenvalue weighted by molar-refractivity contribution is -0.539. The molecule has 0 amide bonds. The van der Waals surface area contributed by atoms with Crippen molar-refractivity contribution in [3.8, 4) is 0 Å². The van der Waals surface area contributed by atoms with E-state index in [1.807, 2.05) is 30.3 Å². The maximum absolute atomic E-state index is 11.3. The average Bonchev–Trinajstić information content (AvgIpc) is 2.40. The van der Waals surface area contributed by atoms with Crippen molar-refractivity contribution in [1.82, 2.24) is 0 Å². The van der Waals surface area contributed by atoms with Crippen LogP contribution in [-0.4, -0.2) is 11.0 Å². The first-order chi connectivity index (χ1) is 8.27. The van der Waals surface area contributed by atoms with Gasteiger partial charge in [-0.3, -0.25) is 10.1 Å². The minimum absolute atomic E-state index is 0.0648. The summed E-state index contributed by atoms with van der Waals surface area (Å²) in [6.45, 7) is 0. The second-order valence-electron chi connectivity index (χ2n) is 5.00. The number of hydrogen-bond acceptors (Lipinski definition) is 2. The van der Waals surface area contributed by atoms with Crippen molar-refractivity contribution >= 4 is 0 Å². The van der Waals surface area contributed by atoms with Gasteiger partial charge in [-0.2, -0.15) is 0 Å². The number of rotatable bonds is 2. The van der Waals surface area contributed by atoms with Crippen molar-refractivity contribution in [2.75, 3.05) is 0 Å². The Morgan fingerprint density at radius 1 is 1.06 bits per heavy atom. The summed E-state index contributed by atoms with van der Waals surface area (Å²) in [7, 11) is 0. The van der Waals surface area contributed by atoms with Crippen molar-refractivity contribution in [2.45, 2.75) is 24.8 Å². The molecule has 1 aromatic rings. The summed E-state index contributed by atoms with van der Waals surface area (Å²) in [5, 5.41) is 11.3. The molecule has 3 aliphatic carbocycles. The Balaban J connectivity index is 2.02. The summed E-state index contributed by atoms with van der Waals surface area (Å²) in [6.07, 6.45) is 6.30. The van der Waals surface area contributed by atoms with Gasteiger partial charge in [0.05, 0.1) is 5.92 Å². The summed E-state index contributed by atoms with van der Waals surface area (Å²) in [5.41, 5.74) is 1.12. The fourth-order valence-corrected chi connectivity index (χ4v) is 3.37. The van der Waals surface area contributed by atoms with Gasteiger partial charge in [0.25, 0.3) is 0 Å². The van der Waals surface area contributed by atoms with Crippen LogP contribution >= 0.6 is 0 Å². The molecule has 0 saturated heterocycles. The number of nitrogens with zero attached hydrogens (tertiary/aromatic N) is 1. The Hall–Kier alpha value is -1.64. The molecule has 17 heavy (non-hydrogen) atoms. The molecule has 1 saturated carbocycles. The van der Waals surface area contributed by atoms with Crippen LogP contribution in [0, 0.1) is 22.0 Å². The van der Waals surface area contributed by atoms with Crippen LogP contribution in [0.2, 0.25) is 0 Å². The van der Waals surface area contributed by atoms with Gasteiger partial charge in [-0.25, -0.2) is 0 Å². The third-order valence-electron chi connectivity index (χ3n) is 4.13. The number of hydrogen-bond donors (Lipinski definition) is 0. The summed E-state index contributed by atoms with van der Waals surface area (Å²) in [5.74, 6) is 0.535. The van der Waals surface area contributed by atoms with E-state index in [9.17, 15) is 10.1 Å². The molecule has 0 spiro atoms. The molecule has 4 atom stereocenters. The van der Waals surface area contributed by atoms with Crippen molar-refractivity contribution < 1.29 is 4.92 Å². The van der Waals surface area contributed by atoms with Crippen LogP contribution in [0.5, 0.6) is 0 Å². The first-order valence-electron chi connectivity index (χ1n) is 6.14. The lowest BCUT2D eigenvalue weighted by Crippen LogP contribution is -2.44. The fraction of sp³-hybridized carbons (Fsp3) is 0.429. The van der Waals surface area contributed by atoms with Gasteiger partial charge < -0.3 is 0 Å². The van der Waals surface area contributed by atoms with Crippen molar-refractivity contribution in [3.05, 3.63) is 58.2 Å². The zero-order valence-electron chi connectivity index (χ0n) is 9.53. The number of nitro groups is 1. The van der Waals surface area contributed by atoms with Crippen LogP contribution in [0.25, 0.3) is 0 Å². The lowest BCUT2D eigenvalue weighted by Gasteiger charge is -2.40. The molecule has 0 heterocycles. The fourth-order valence-electron chi connectivity index (χ4n) is 3.37. The lowest BCUT2D eigenvalue weighted by atomic mass is 9.64. The minimum Gasteiger partial charge on any atom is -0.264 e. The number of allylic oxidation sites excluding steroid dienone is 1. The van der Waals surface area contributed by atoms with Gasteiger partial charge in [-0.1, -0.05) is 42.5 Å². The standard InChI is InChI=1S/C14H15NO2/c16-15(17)14-12-8-6-11(7-9-12)13(14)10-4-2-1-3-5-10/h1-6,8,11-14H,7,9H2. The van der Waals surface area contributed by atoms with Gasteiger partial charge in [0.15, 0.2) is 0 Å². The van der Waals surface area contributed by atoms with Crippen molar-refractivity contribution in [2.24, 2.45) is 11.8 Å². The smallest absolute Gasteiger partial charge is 0.226 e. The van der Waals surface area contributed by atoms with Crippen LogP contribution in [0.1, 0.15) is 24.3 Å². The maximum atomic E-state index is 11.3. The van der Waals surface area contributed by atoms with Crippen molar-refractivity contribution in [3.63, 3.8) is 0 Å². The van der Waals surface area contributed by atoms with E-state index < -0.39 is 6.04 Å². The molecule has 0 radical (unpaired) electrons. The monoisotopic (exact) mass is 229 g/mol. The van der Waals surface area contributed by atoms with E-state index >= 15 is 0 Å². The largest absolute Gasteiger partial charge is 0.264 e. The van der Waals surface area contributed by atoms with E-state index in [2.05, 4.69) is 12.2 Å². The van der Waals surface area contributed by atoms with Crippen LogP contribution in [0.4, 0.5) is 0 Å². The Morgan fingerprint density at radius 3 is 2.29 bits per heavy atom. The number of benzene rings is 1. The summed E-state index contributed by atoms with van der Waals surface area (Å²) in [6, 6.07) is 9.52. The number of fused-ring (bicyclic) bond motifs is 2. The second kappa shape index (κ2) is 3.99. The minimum atomic E-state index is -0.429. The van der Waals surface area contributed by atoms with Gasteiger partial charge in [-0.05, 0) is 24.3 Å². The van der Waals surface area contributed by atoms with Crippen LogP contribution in [-0.2, 0) is 0 Å². The van der Waals surface area contributed by atoms with Crippen LogP contribution < -0.4 is 0 Å². The molecule has 1 aromatic carbocycles. The average molecular weight is 229 g/mol. The Labute approximate surface area is 100 Å². The van der Waals surface area contributed by atoms with Gasteiger partial charge in [0.2, 0.25) is 6.04 Å². The van der Waals surface area contributed by atoms with Crippen molar-refractivity contribution in [1.29, 1.82) is 0 Å². The highest BCUT2D eigenvalue weighted by Gasteiger charge is 2.48. The van der Waals surface area contributed by atoms with E-state index in [4.69, 9.17) is 0 Å². The molecule has 3 heteroatoms. The second-order valence-corrected chi connectivity index (χ2v) is 5.00. The molecule has 4 rings (SSSR count). The summed E-state index contributed by atoms with van der Waals surface area (Å²) < 4.78 is 0. The third kappa shape index (κ3) is 1.66. The first kappa shape index (κ1) is 10.5. The topological polar surface area (TPSA) is 43.1 Å². The molecule has 88 valence electrons. The SMILES string of the molecule is O=[N+]([O-])C1C2C=CC(CC2)C1c1ccccc1. The molecule has 0 aromatic heterocycles. The van der Waals surface area contributed by atoms with Gasteiger partial charge >= 0.3 is 0 Å². The molecule has 2 bridgehead atoms. The highest BCUT2D eigenvalue weighted by molar-refractivity contribution is 5.27. The Morgan fingerprint density at radius 2 is 1.71 bits per heavy atom. The normalized spacial score (nSPS) is 34.8. The molecule has 0 aliphatic heterocycles. The zero-order chi connectivity index (χ0) is 11.8. The van der Waals surface area contributed by atoms with E-state index in [0.717, 1.165) is 18.4 Å². The Kier molecular flexibility index (Phi) is 2.46. The summed E-state index contributed by atoms with van der Waals surface area (Å²) in [4.78, 5) is 11.2. The molecule has 3 aliphatic rings. The van der Waals surface area contributed by atoms with Gasteiger partial charge in [0, 0.05) is 10.8 Å². The van der Waals surface area contributed by atoms with Crippen LogP contribution in [0.3, 0.4) is 0 Å². The Bertz CT molecular complexity index is 455. The predicted octanol–water partition coefficient (Wildman–Crippen LogP) is 3.01. The maximum Gasteiger partial charge on any atom is 0.226 e.